The van der Waals surface area contributed by atoms with E-state index in [0.717, 1.165) is 11.1 Å². The van der Waals surface area contributed by atoms with Gasteiger partial charge in [-0.2, -0.15) is 0 Å². The van der Waals surface area contributed by atoms with Crippen molar-refractivity contribution in [3.05, 3.63) is 80.7 Å². The Labute approximate surface area is 152 Å². The highest BCUT2D eigenvalue weighted by Crippen LogP contribution is 2.37. The van der Waals surface area contributed by atoms with Gasteiger partial charge in [0.05, 0.1) is 17.0 Å². The van der Waals surface area contributed by atoms with Crippen molar-refractivity contribution >= 4 is 16.9 Å². The Morgan fingerprint density at radius 3 is 2.38 bits per heavy atom. The van der Waals surface area contributed by atoms with Crippen LogP contribution in [0.25, 0.3) is 11.0 Å². The van der Waals surface area contributed by atoms with Gasteiger partial charge in [0.2, 0.25) is 5.76 Å². The molecular formula is C22H21NO3. The first-order valence-corrected chi connectivity index (χ1v) is 8.83. The highest BCUT2D eigenvalue weighted by molar-refractivity contribution is 5.98. The SMILES string of the molecule is Cc1ccc2oc3c(c(=O)c2c1)[C@@H](c1ccc(C(C)C)cc1)N(C)C3=O. The van der Waals surface area contributed by atoms with Gasteiger partial charge in [0.1, 0.15) is 5.58 Å². The number of aryl methyl sites for hydroxylation is 1. The maximum Gasteiger partial charge on any atom is 0.290 e. The smallest absolute Gasteiger partial charge is 0.290 e. The van der Waals surface area contributed by atoms with Crippen molar-refractivity contribution in [3.8, 4) is 0 Å². The molecule has 0 spiro atoms. The van der Waals surface area contributed by atoms with Gasteiger partial charge < -0.3 is 9.32 Å². The zero-order valence-corrected chi connectivity index (χ0v) is 15.4. The molecule has 4 nitrogen and oxygen atoms in total. The van der Waals surface area contributed by atoms with Gasteiger partial charge in [-0.3, -0.25) is 9.59 Å². The highest BCUT2D eigenvalue weighted by Gasteiger charge is 2.40. The van der Waals surface area contributed by atoms with Crippen molar-refractivity contribution < 1.29 is 9.21 Å². The second-order valence-electron chi connectivity index (χ2n) is 7.31. The molecule has 0 saturated heterocycles. The van der Waals surface area contributed by atoms with Crippen LogP contribution in [0.4, 0.5) is 0 Å². The maximum absolute atomic E-state index is 13.2. The monoisotopic (exact) mass is 347 g/mol. The topological polar surface area (TPSA) is 50.5 Å². The molecule has 4 rings (SSSR count). The van der Waals surface area contributed by atoms with Gasteiger partial charge in [-0.15, -0.1) is 0 Å². The predicted octanol–water partition coefficient (Wildman–Crippen LogP) is 4.40. The summed E-state index contributed by atoms with van der Waals surface area (Å²) in [6.45, 7) is 6.21. The third-order valence-corrected chi connectivity index (χ3v) is 5.18. The first-order valence-electron chi connectivity index (χ1n) is 8.83. The second kappa shape index (κ2) is 5.84. The van der Waals surface area contributed by atoms with Gasteiger partial charge in [0.15, 0.2) is 5.43 Å². The van der Waals surface area contributed by atoms with Crippen LogP contribution in [-0.4, -0.2) is 17.9 Å². The largest absolute Gasteiger partial charge is 0.450 e. The molecular weight excluding hydrogens is 326 g/mol. The molecule has 0 bridgehead atoms. The van der Waals surface area contributed by atoms with Gasteiger partial charge in [-0.25, -0.2) is 0 Å². The Morgan fingerprint density at radius 1 is 1.04 bits per heavy atom. The molecule has 0 saturated carbocycles. The van der Waals surface area contributed by atoms with E-state index in [9.17, 15) is 9.59 Å². The standard InChI is InChI=1S/C22H21NO3/c1-12(2)14-6-8-15(9-7-14)19-18-20(24)16-11-13(3)5-10-17(16)26-21(18)22(25)23(19)4/h5-12,19H,1-4H3/t19-/m1/s1. The molecule has 1 aliphatic heterocycles. The summed E-state index contributed by atoms with van der Waals surface area (Å²) in [7, 11) is 1.72. The summed E-state index contributed by atoms with van der Waals surface area (Å²) in [6.07, 6.45) is 0. The molecule has 2 heterocycles. The van der Waals surface area contributed by atoms with Crippen LogP contribution in [0.2, 0.25) is 0 Å². The number of hydrogen-bond acceptors (Lipinski definition) is 3. The molecule has 1 atom stereocenters. The zero-order chi connectivity index (χ0) is 18.6. The molecule has 1 aromatic heterocycles. The molecule has 3 aromatic rings. The van der Waals surface area contributed by atoms with Crippen LogP contribution in [0.5, 0.6) is 0 Å². The number of rotatable bonds is 2. The molecule has 0 N–H and O–H groups in total. The highest BCUT2D eigenvalue weighted by atomic mass is 16.3. The fourth-order valence-corrected chi connectivity index (χ4v) is 3.66. The third-order valence-electron chi connectivity index (χ3n) is 5.18. The van der Waals surface area contributed by atoms with E-state index < -0.39 is 6.04 Å². The van der Waals surface area contributed by atoms with Crippen LogP contribution in [0.15, 0.2) is 51.7 Å². The molecule has 2 aromatic carbocycles. The Bertz CT molecular complexity index is 1080. The predicted molar refractivity (Wildman–Crippen MR) is 102 cm³/mol. The number of carbonyl (C=O) groups is 1. The first kappa shape index (κ1) is 16.6. The fourth-order valence-electron chi connectivity index (χ4n) is 3.66. The quantitative estimate of drug-likeness (QED) is 0.690. The summed E-state index contributed by atoms with van der Waals surface area (Å²) in [5, 5.41) is 0.524. The van der Waals surface area contributed by atoms with Crippen molar-refractivity contribution in [2.75, 3.05) is 7.05 Å². The second-order valence-corrected chi connectivity index (χ2v) is 7.31. The van der Waals surface area contributed by atoms with Crippen LogP contribution in [0, 0.1) is 6.92 Å². The van der Waals surface area contributed by atoms with E-state index in [1.807, 2.05) is 31.2 Å². The summed E-state index contributed by atoms with van der Waals surface area (Å²) in [4.78, 5) is 27.5. The lowest BCUT2D eigenvalue weighted by molar-refractivity contribution is 0.0771. The van der Waals surface area contributed by atoms with E-state index in [2.05, 4.69) is 26.0 Å². The number of hydrogen-bond donors (Lipinski definition) is 0. The molecule has 0 fully saturated rings. The average molecular weight is 347 g/mol. The first-order chi connectivity index (χ1) is 12.4. The lowest BCUT2D eigenvalue weighted by Gasteiger charge is -2.20. The number of nitrogens with zero attached hydrogens (tertiary/aromatic N) is 1. The van der Waals surface area contributed by atoms with Crippen molar-refractivity contribution in [3.63, 3.8) is 0 Å². The Balaban J connectivity index is 1.94. The number of benzene rings is 2. The van der Waals surface area contributed by atoms with Crippen molar-refractivity contribution in [2.45, 2.75) is 32.7 Å². The molecule has 132 valence electrons. The van der Waals surface area contributed by atoms with Gasteiger partial charge in [0, 0.05) is 7.05 Å². The summed E-state index contributed by atoms with van der Waals surface area (Å²) in [5.74, 6) is 0.334. The number of amides is 1. The Morgan fingerprint density at radius 2 is 1.73 bits per heavy atom. The van der Waals surface area contributed by atoms with Crippen LogP contribution in [0.1, 0.15) is 58.6 Å². The molecule has 0 aliphatic carbocycles. The van der Waals surface area contributed by atoms with Crippen LogP contribution in [0.3, 0.4) is 0 Å². The van der Waals surface area contributed by atoms with Crippen molar-refractivity contribution in [2.24, 2.45) is 0 Å². The lowest BCUT2D eigenvalue weighted by atomic mass is 9.95. The van der Waals surface area contributed by atoms with Gasteiger partial charge >= 0.3 is 0 Å². The molecule has 0 unspecified atom stereocenters. The average Bonchev–Trinajstić information content (AvgIpc) is 2.87. The minimum atomic E-state index is -0.417. The van der Waals surface area contributed by atoms with Crippen LogP contribution >= 0.6 is 0 Å². The summed E-state index contributed by atoms with van der Waals surface area (Å²) in [6, 6.07) is 13.2. The number of carbonyl (C=O) groups excluding carboxylic acids is 1. The number of fused-ring (bicyclic) bond motifs is 2. The summed E-state index contributed by atoms with van der Waals surface area (Å²) >= 11 is 0. The van der Waals surface area contributed by atoms with Crippen LogP contribution in [-0.2, 0) is 0 Å². The van der Waals surface area contributed by atoms with Crippen LogP contribution < -0.4 is 5.43 Å². The minimum absolute atomic E-state index is 0.124. The van der Waals surface area contributed by atoms with E-state index >= 15 is 0 Å². The third kappa shape index (κ3) is 2.37. The van der Waals surface area contributed by atoms with Gasteiger partial charge in [-0.05, 0) is 36.1 Å². The van der Waals surface area contributed by atoms with E-state index in [-0.39, 0.29) is 17.1 Å². The molecule has 26 heavy (non-hydrogen) atoms. The summed E-state index contributed by atoms with van der Waals surface area (Å²) < 4.78 is 5.85. The zero-order valence-electron chi connectivity index (χ0n) is 15.4. The van der Waals surface area contributed by atoms with E-state index in [1.54, 1.807) is 18.0 Å². The normalized spacial score (nSPS) is 16.6. The van der Waals surface area contributed by atoms with Crippen molar-refractivity contribution in [1.82, 2.24) is 4.90 Å². The van der Waals surface area contributed by atoms with E-state index in [0.29, 0.717) is 22.5 Å². The lowest BCUT2D eigenvalue weighted by Crippen LogP contribution is -2.25. The summed E-state index contributed by atoms with van der Waals surface area (Å²) in [5.41, 5.74) is 3.90. The van der Waals surface area contributed by atoms with Crippen molar-refractivity contribution in [1.29, 1.82) is 0 Å². The van der Waals surface area contributed by atoms with Gasteiger partial charge in [0.25, 0.3) is 5.91 Å². The minimum Gasteiger partial charge on any atom is -0.450 e. The maximum atomic E-state index is 13.2. The van der Waals surface area contributed by atoms with E-state index in [1.165, 1.54) is 5.56 Å². The Hall–Kier alpha value is -2.88. The molecule has 0 radical (unpaired) electrons. The van der Waals surface area contributed by atoms with Gasteiger partial charge in [-0.1, -0.05) is 49.7 Å². The fraction of sp³-hybridized carbons (Fsp3) is 0.273. The molecule has 1 amide bonds. The molecule has 4 heteroatoms. The molecule has 1 aliphatic rings. The Kier molecular flexibility index (Phi) is 3.72. The van der Waals surface area contributed by atoms with E-state index in [4.69, 9.17) is 4.42 Å².